The molecule has 6 nitrogen and oxygen atoms in total. The molecule has 1 unspecified atom stereocenters. The van der Waals surface area contributed by atoms with Gasteiger partial charge in [-0.3, -0.25) is 10.1 Å². The highest BCUT2D eigenvalue weighted by atomic mass is 16.6. The molecule has 21 heavy (non-hydrogen) atoms. The van der Waals surface area contributed by atoms with E-state index in [2.05, 4.69) is 19.2 Å². The number of nitrogens with zero attached hydrogens (tertiary/aromatic N) is 1. The molecule has 0 saturated heterocycles. The van der Waals surface area contributed by atoms with Crippen LogP contribution in [0.4, 0.5) is 5.69 Å². The highest BCUT2D eigenvalue weighted by molar-refractivity contribution is 5.48. The van der Waals surface area contributed by atoms with E-state index in [9.17, 15) is 15.2 Å². The molecule has 6 heteroatoms. The van der Waals surface area contributed by atoms with E-state index in [0.717, 1.165) is 12.1 Å². The van der Waals surface area contributed by atoms with Crippen molar-refractivity contribution in [3.8, 4) is 5.75 Å². The molecule has 1 aromatic carbocycles. The molecule has 0 heterocycles. The molecule has 0 spiro atoms. The normalized spacial score (nSPS) is 12.4. The molecule has 0 aliphatic rings. The lowest BCUT2D eigenvalue weighted by molar-refractivity contribution is -0.385. The number of nitro benzene ring substituents is 1. The second-order valence-electron chi connectivity index (χ2n) is 5.46. The van der Waals surface area contributed by atoms with E-state index in [1.165, 1.54) is 6.07 Å². The van der Waals surface area contributed by atoms with Crippen LogP contribution in [0.3, 0.4) is 0 Å². The number of aliphatic hydroxyl groups excluding tert-OH is 1. The summed E-state index contributed by atoms with van der Waals surface area (Å²) in [5.41, 5.74) is 0.841. The van der Waals surface area contributed by atoms with E-state index in [1.807, 2.05) is 6.92 Å². The summed E-state index contributed by atoms with van der Waals surface area (Å²) in [4.78, 5) is 10.5. The Labute approximate surface area is 125 Å². The molecular weight excluding hydrogens is 272 g/mol. The predicted octanol–water partition coefficient (Wildman–Crippen LogP) is 2.49. The third-order valence-corrected chi connectivity index (χ3v) is 3.01. The molecule has 0 aromatic heterocycles. The maximum Gasteiger partial charge on any atom is 0.310 e. The number of nitro groups is 1. The van der Waals surface area contributed by atoms with Crippen molar-refractivity contribution in [3.63, 3.8) is 0 Å². The number of aliphatic hydroxyl groups is 1. The molecule has 0 amide bonds. The first kappa shape index (κ1) is 17.4. The summed E-state index contributed by atoms with van der Waals surface area (Å²) in [5.74, 6) is 0.745. The lowest BCUT2D eigenvalue weighted by Crippen LogP contribution is -2.19. The topological polar surface area (TPSA) is 84.6 Å². The summed E-state index contributed by atoms with van der Waals surface area (Å²) in [6, 6.07) is 4.82. The molecule has 2 N–H and O–H groups in total. The summed E-state index contributed by atoms with van der Waals surface area (Å²) in [5, 5.41) is 23.8. The fraction of sp³-hybridized carbons (Fsp3) is 0.600. The minimum Gasteiger partial charge on any atom is -0.484 e. The monoisotopic (exact) mass is 296 g/mol. The van der Waals surface area contributed by atoms with Gasteiger partial charge >= 0.3 is 5.69 Å². The van der Waals surface area contributed by atoms with Crippen LogP contribution >= 0.6 is 0 Å². The molecule has 0 saturated carbocycles. The largest absolute Gasteiger partial charge is 0.484 e. The van der Waals surface area contributed by atoms with Crippen molar-refractivity contribution in [1.29, 1.82) is 0 Å². The van der Waals surface area contributed by atoms with Gasteiger partial charge < -0.3 is 15.2 Å². The smallest absolute Gasteiger partial charge is 0.310 e. The van der Waals surface area contributed by atoms with Gasteiger partial charge in [0.2, 0.25) is 0 Å². The number of benzene rings is 1. The second-order valence-corrected chi connectivity index (χ2v) is 5.46. The molecule has 0 aliphatic heterocycles. The van der Waals surface area contributed by atoms with Crippen LogP contribution in [0.2, 0.25) is 0 Å². The van der Waals surface area contributed by atoms with Crippen LogP contribution in [0, 0.1) is 16.0 Å². The molecule has 0 radical (unpaired) electrons. The Morgan fingerprint density at radius 3 is 2.71 bits per heavy atom. The molecule has 1 rings (SSSR count). The Bertz CT molecular complexity index is 463. The van der Waals surface area contributed by atoms with Crippen molar-refractivity contribution in [2.45, 2.75) is 39.8 Å². The van der Waals surface area contributed by atoms with Crippen LogP contribution in [-0.2, 0) is 6.54 Å². The first-order valence-corrected chi connectivity index (χ1v) is 7.22. The van der Waals surface area contributed by atoms with E-state index in [-0.39, 0.29) is 18.0 Å². The van der Waals surface area contributed by atoms with Gasteiger partial charge in [0.15, 0.2) is 5.75 Å². The quantitative estimate of drug-likeness (QED) is 0.540. The van der Waals surface area contributed by atoms with Crippen molar-refractivity contribution >= 4 is 5.69 Å². The first-order chi connectivity index (χ1) is 9.93. The minimum absolute atomic E-state index is 0.0558. The van der Waals surface area contributed by atoms with Crippen LogP contribution in [0.1, 0.15) is 32.8 Å². The summed E-state index contributed by atoms with van der Waals surface area (Å²) in [7, 11) is 0. The summed E-state index contributed by atoms with van der Waals surface area (Å²) >= 11 is 0. The van der Waals surface area contributed by atoms with Gasteiger partial charge in [-0.15, -0.1) is 0 Å². The van der Waals surface area contributed by atoms with E-state index in [0.29, 0.717) is 18.9 Å². The number of hydrogen-bond acceptors (Lipinski definition) is 5. The molecule has 0 aliphatic carbocycles. The van der Waals surface area contributed by atoms with Crippen molar-refractivity contribution < 1.29 is 14.8 Å². The number of rotatable bonds is 9. The first-order valence-electron chi connectivity index (χ1n) is 7.22. The van der Waals surface area contributed by atoms with E-state index < -0.39 is 11.0 Å². The van der Waals surface area contributed by atoms with Crippen LogP contribution in [0.15, 0.2) is 18.2 Å². The average molecular weight is 296 g/mol. The van der Waals surface area contributed by atoms with Crippen LogP contribution < -0.4 is 10.1 Å². The van der Waals surface area contributed by atoms with Gasteiger partial charge in [0.25, 0.3) is 0 Å². The average Bonchev–Trinajstić information content (AvgIpc) is 2.44. The number of ether oxygens (including phenoxy) is 1. The molecule has 0 fully saturated rings. The highest BCUT2D eigenvalue weighted by Crippen LogP contribution is 2.28. The van der Waals surface area contributed by atoms with Crippen LogP contribution in [0.25, 0.3) is 0 Å². The predicted molar refractivity (Wildman–Crippen MR) is 81.4 cm³/mol. The maximum absolute atomic E-state index is 11.0. The van der Waals surface area contributed by atoms with E-state index in [4.69, 9.17) is 4.74 Å². The van der Waals surface area contributed by atoms with Gasteiger partial charge in [0.05, 0.1) is 11.0 Å². The van der Waals surface area contributed by atoms with E-state index >= 15 is 0 Å². The summed E-state index contributed by atoms with van der Waals surface area (Å²) in [6.45, 7) is 7.62. The number of hydrogen-bond donors (Lipinski definition) is 2. The van der Waals surface area contributed by atoms with Crippen molar-refractivity contribution in [2.75, 3.05) is 13.2 Å². The van der Waals surface area contributed by atoms with Gasteiger partial charge in [-0.1, -0.05) is 26.8 Å². The fourth-order valence-corrected chi connectivity index (χ4v) is 1.74. The zero-order valence-corrected chi connectivity index (χ0v) is 12.8. The molecule has 0 bridgehead atoms. The van der Waals surface area contributed by atoms with Crippen molar-refractivity contribution in [1.82, 2.24) is 5.32 Å². The Morgan fingerprint density at radius 1 is 1.43 bits per heavy atom. The fourth-order valence-electron chi connectivity index (χ4n) is 1.74. The lowest BCUT2D eigenvalue weighted by Gasteiger charge is -2.12. The zero-order valence-electron chi connectivity index (χ0n) is 12.8. The third-order valence-electron chi connectivity index (χ3n) is 3.01. The molecule has 118 valence electrons. The zero-order chi connectivity index (χ0) is 15.8. The molecular formula is C15H24N2O4. The maximum atomic E-state index is 11.0. The Hall–Kier alpha value is -1.66. The van der Waals surface area contributed by atoms with Crippen LogP contribution in [0.5, 0.6) is 5.75 Å². The SMILES string of the molecule is CCC(O)COc1cc(CNCC(C)C)ccc1[N+](=O)[O-]. The highest BCUT2D eigenvalue weighted by Gasteiger charge is 2.16. The van der Waals surface area contributed by atoms with Crippen molar-refractivity contribution in [2.24, 2.45) is 5.92 Å². The standard InChI is InChI=1S/C15H24N2O4/c1-4-13(18)10-21-15-7-12(9-16-8-11(2)3)5-6-14(15)17(19)20/h5-7,11,13,16,18H,4,8-10H2,1-3H3. The second kappa shape index (κ2) is 8.59. The Morgan fingerprint density at radius 2 is 2.14 bits per heavy atom. The number of nitrogens with one attached hydrogen (secondary N) is 1. The molecule has 1 aromatic rings. The summed E-state index contributed by atoms with van der Waals surface area (Å²) in [6.07, 6.45) is -0.0731. The van der Waals surface area contributed by atoms with E-state index in [1.54, 1.807) is 12.1 Å². The van der Waals surface area contributed by atoms with Gasteiger partial charge in [0, 0.05) is 12.6 Å². The van der Waals surface area contributed by atoms with Gasteiger partial charge in [-0.05, 0) is 30.5 Å². The minimum atomic E-state index is -0.618. The van der Waals surface area contributed by atoms with Gasteiger partial charge in [0.1, 0.15) is 6.61 Å². The molecule has 1 atom stereocenters. The Kier molecular flexibility index (Phi) is 7.11. The third kappa shape index (κ3) is 6.10. The van der Waals surface area contributed by atoms with Crippen molar-refractivity contribution in [3.05, 3.63) is 33.9 Å². The Balaban J connectivity index is 2.77. The lowest BCUT2D eigenvalue weighted by atomic mass is 10.1. The van der Waals surface area contributed by atoms with Gasteiger partial charge in [-0.25, -0.2) is 0 Å². The van der Waals surface area contributed by atoms with Crippen LogP contribution in [-0.4, -0.2) is 29.3 Å². The summed E-state index contributed by atoms with van der Waals surface area (Å²) < 4.78 is 5.40. The van der Waals surface area contributed by atoms with Gasteiger partial charge in [-0.2, -0.15) is 0 Å².